The molecular weight excluding hydrogens is 228 g/mol. The first-order chi connectivity index (χ1) is 7.74. The lowest BCUT2D eigenvalue weighted by atomic mass is 10.3. The average Bonchev–Trinajstić information content (AvgIpc) is 2.70. The van der Waals surface area contributed by atoms with E-state index in [1.165, 1.54) is 11.3 Å². The molecule has 2 rings (SSSR count). The first-order valence-electron chi connectivity index (χ1n) is 4.59. The van der Waals surface area contributed by atoms with Crippen LogP contribution in [0.5, 0.6) is 5.75 Å². The molecule has 0 aliphatic heterocycles. The van der Waals surface area contributed by atoms with Gasteiger partial charge in [-0.25, -0.2) is 4.98 Å². The lowest BCUT2D eigenvalue weighted by Crippen LogP contribution is -2.14. The van der Waals surface area contributed by atoms with Crippen LogP contribution in [-0.2, 0) is 4.79 Å². The van der Waals surface area contributed by atoms with Gasteiger partial charge in [0.1, 0.15) is 17.9 Å². The number of fused-ring (bicyclic) bond motifs is 1. The zero-order valence-electron chi connectivity index (χ0n) is 8.56. The lowest BCUT2D eigenvalue weighted by molar-refractivity contribution is -0.118. The number of carbonyl (C=O) groups is 1. The van der Waals surface area contributed by atoms with Crippen molar-refractivity contribution in [3.8, 4) is 5.75 Å². The number of aliphatic hydroxyl groups excluding tert-OH is 1. The van der Waals surface area contributed by atoms with E-state index in [2.05, 4.69) is 10.3 Å². The smallest absolute Gasteiger partial charge is 0.251 e. The van der Waals surface area contributed by atoms with Crippen LogP contribution in [0.25, 0.3) is 10.2 Å². The molecule has 6 heteroatoms. The number of aromatic nitrogens is 1. The van der Waals surface area contributed by atoms with Crippen LogP contribution < -0.4 is 10.1 Å². The topological polar surface area (TPSA) is 71.5 Å². The third-order valence-electron chi connectivity index (χ3n) is 1.99. The van der Waals surface area contributed by atoms with Gasteiger partial charge in [0.15, 0.2) is 5.13 Å². The van der Waals surface area contributed by atoms with Crippen molar-refractivity contribution >= 4 is 32.6 Å². The minimum Gasteiger partial charge on any atom is -0.494 e. The van der Waals surface area contributed by atoms with Crippen LogP contribution >= 0.6 is 11.3 Å². The van der Waals surface area contributed by atoms with Crippen LogP contribution in [0.3, 0.4) is 0 Å². The fourth-order valence-electron chi connectivity index (χ4n) is 1.30. The molecule has 0 atom stereocenters. The van der Waals surface area contributed by atoms with Gasteiger partial charge in [-0.2, -0.15) is 0 Å². The maximum Gasteiger partial charge on any atom is 0.251 e. The normalized spacial score (nSPS) is 10.4. The highest BCUT2D eigenvalue weighted by Gasteiger charge is 2.09. The third kappa shape index (κ3) is 1.98. The van der Waals surface area contributed by atoms with Crippen LogP contribution in [0.2, 0.25) is 0 Å². The van der Waals surface area contributed by atoms with Crippen LogP contribution in [0, 0.1) is 0 Å². The predicted molar refractivity (Wildman–Crippen MR) is 61.9 cm³/mol. The molecule has 16 heavy (non-hydrogen) atoms. The van der Waals surface area contributed by atoms with Crippen molar-refractivity contribution < 1.29 is 14.6 Å². The molecule has 0 fully saturated rings. The van der Waals surface area contributed by atoms with Gasteiger partial charge >= 0.3 is 0 Å². The zero-order valence-corrected chi connectivity index (χ0v) is 9.37. The summed E-state index contributed by atoms with van der Waals surface area (Å²) in [4.78, 5) is 15.2. The Morgan fingerprint density at radius 3 is 3.12 bits per heavy atom. The Hall–Kier alpha value is -1.66. The second-order valence-electron chi connectivity index (χ2n) is 3.03. The number of amides is 1. The number of benzene rings is 1. The zero-order chi connectivity index (χ0) is 11.5. The Balaban J connectivity index is 2.39. The molecule has 0 aliphatic rings. The maximum absolute atomic E-state index is 11.0. The van der Waals surface area contributed by atoms with E-state index in [0.29, 0.717) is 16.4 Å². The van der Waals surface area contributed by atoms with E-state index in [9.17, 15) is 4.79 Å². The van der Waals surface area contributed by atoms with Gasteiger partial charge in [0.2, 0.25) is 0 Å². The number of nitrogens with zero attached hydrogens (tertiary/aromatic N) is 1. The number of nitrogens with one attached hydrogen (secondary N) is 1. The van der Waals surface area contributed by atoms with Crippen LogP contribution in [-0.4, -0.2) is 29.7 Å². The van der Waals surface area contributed by atoms with Gasteiger partial charge in [0, 0.05) is 0 Å². The van der Waals surface area contributed by atoms with Crippen LogP contribution in [0.1, 0.15) is 0 Å². The number of thiazole rings is 1. The Bertz CT molecular complexity index is 524. The molecule has 0 unspecified atom stereocenters. The van der Waals surface area contributed by atoms with E-state index in [1.807, 2.05) is 12.1 Å². The van der Waals surface area contributed by atoms with E-state index in [0.717, 1.165) is 4.70 Å². The fraction of sp³-hybridized carbons (Fsp3) is 0.200. The molecule has 0 aliphatic carbocycles. The monoisotopic (exact) mass is 238 g/mol. The highest BCUT2D eigenvalue weighted by molar-refractivity contribution is 7.22. The largest absolute Gasteiger partial charge is 0.494 e. The fourth-order valence-corrected chi connectivity index (χ4v) is 2.20. The number of carbonyl (C=O) groups excluding carboxylic acids is 1. The molecule has 1 heterocycles. The van der Waals surface area contributed by atoms with Crippen molar-refractivity contribution in [2.45, 2.75) is 0 Å². The molecule has 0 bridgehead atoms. The molecule has 0 saturated carbocycles. The molecule has 2 aromatic rings. The summed E-state index contributed by atoms with van der Waals surface area (Å²) in [6.45, 7) is -0.549. The number of ether oxygens (including phenoxy) is 1. The summed E-state index contributed by atoms with van der Waals surface area (Å²) >= 11 is 1.34. The number of methoxy groups -OCH3 is 1. The summed E-state index contributed by atoms with van der Waals surface area (Å²) in [5.74, 6) is 0.191. The number of rotatable bonds is 3. The van der Waals surface area contributed by atoms with E-state index < -0.39 is 12.5 Å². The Morgan fingerprint density at radius 2 is 2.44 bits per heavy atom. The minimum atomic E-state index is -0.549. The van der Waals surface area contributed by atoms with Crippen molar-refractivity contribution in [1.82, 2.24) is 4.98 Å². The molecular formula is C10H10N2O3S. The molecule has 1 aromatic carbocycles. The highest BCUT2D eigenvalue weighted by Crippen LogP contribution is 2.31. The molecule has 84 valence electrons. The minimum absolute atomic E-state index is 0.457. The van der Waals surface area contributed by atoms with Gasteiger partial charge in [0.25, 0.3) is 5.91 Å². The van der Waals surface area contributed by atoms with Gasteiger partial charge in [0.05, 0.1) is 11.8 Å². The lowest BCUT2D eigenvalue weighted by Gasteiger charge is -1.98. The highest BCUT2D eigenvalue weighted by atomic mass is 32.1. The van der Waals surface area contributed by atoms with Crippen molar-refractivity contribution in [1.29, 1.82) is 0 Å². The number of hydrogen-bond donors (Lipinski definition) is 2. The second-order valence-corrected chi connectivity index (χ2v) is 4.06. The second kappa shape index (κ2) is 4.46. The molecule has 0 radical (unpaired) electrons. The summed E-state index contributed by atoms with van der Waals surface area (Å²) in [5.41, 5.74) is 0.711. The summed E-state index contributed by atoms with van der Waals surface area (Å²) in [6, 6.07) is 5.56. The maximum atomic E-state index is 11.0. The van der Waals surface area contributed by atoms with E-state index in [-0.39, 0.29) is 0 Å². The molecule has 1 amide bonds. The molecule has 0 saturated heterocycles. The molecule has 0 spiro atoms. The van der Waals surface area contributed by atoms with Gasteiger partial charge in [-0.05, 0) is 12.1 Å². The molecule has 2 N–H and O–H groups in total. The van der Waals surface area contributed by atoms with Crippen molar-refractivity contribution in [2.75, 3.05) is 19.0 Å². The van der Waals surface area contributed by atoms with Crippen molar-refractivity contribution in [3.05, 3.63) is 18.2 Å². The standard InChI is InChI=1S/C10H10N2O3S/c1-15-6-3-2-4-7-9(6)12-10(16-7)11-8(14)5-13/h2-4,13H,5H2,1H3,(H,11,12,14). The van der Waals surface area contributed by atoms with Crippen molar-refractivity contribution in [2.24, 2.45) is 0 Å². The third-order valence-corrected chi connectivity index (χ3v) is 2.93. The summed E-state index contributed by atoms with van der Waals surface area (Å²) < 4.78 is 6.08. The van der Waals surface area contributed by atoms with Crippen LogP contribution in [0.15, 0.2) is 18.2 Å². The van der Waals surface area contributed by atoms with Gasteiger partial charge < -0.3 is 9.84 Å². The van der Waals surface area contributed by atoms with E-state index in [1.54, 1.807) is 13.2 Å². The van der Waals surface area contributed by atoms with E-state index in [4.69, 9.17) is 9.84 Å². The van der Waals surface area contributed by atoms with Crippen LogP contribution in [0.4, 0.5) is 5.13 Å². The molecule has 5 nitrogen and oxygen atoms in total. The Kier molecular flexibility index (Phi) is 3.02. The quantitative estimate of drug-likeness (QED) is 0.843. The number of anilines is 1. The van der Waals surface area contributed by atoms with E-state index >= 15 is 0 Å². The summed E-state index contributed by atoms with van der Waals surface area (Å²) in [7, 11) is 1.57. The number of hydrogen-bond acceptors (Lipinski definition) is 5. The first kappa shape index (κ1) is 10.8. The van der Waals surface area contributed by atoms with Crippen molar-refractivity contribution in [3.63, 3.8) is 0 Å². The Labute approximate surface area is 95.7 Å². The van der Waals surface area contributed by atoms with Gasteiger partial charge in [-0.15, -0.1) is 0 Å². The van der Waals surface area contributed by atoms with Gasteiger partial charge in [-0.3, -0.25) is 10.1 Å². The number of aliphatic hydroxyl groups is 1. The summed E-state index contributed by atoms with van der Waals surface area (Å²) in [5, 5.41) is 11.6. The Morgan fingerprint density at radius 1 is 1.62 bits per heavy atom. The first-order valence-corrected chi connectivity index (χ1v) is 5.40. The molecule has 1 aromatic heterocycles. The number of para-hydroxylation sites is 1. The predicted octanol–water partition coefficient (Wildman–Crippen LogP) is 1.24. The summed E-state index contributed by atoms with van der Waals surface area (Å²) in [6.07, 6.45) is 0. The van der Waals surface area contributed by atoms with Gasteiger partial charge in [-0.1, -0.05) is 17.4 Å². The SMILES string of the molecule is COc1cccc2sc(NC(=O)CO)nc12. The average molecular weight is 238 g/mol.